The Labute approximate surface area is 147 Å². The van der Waals surface area contributed by atoms with E-state index in [0.29, 0.717) is 11.6 Å². The standard InChI is InChI=1S/C20H22N2O3/c1-11(23)13-10-22-8-7-20-14-5-3-4-6-15(14)21-18(20)17(19(24)25-2)12(13)9-16(20)22/h3-6,12-13,16,21H,7-10H2,1-2H3/t12-,13-,16-,20+/m0/s1. The largest absolute Gasteiger partial charge is 0.466 e. The van der Waals surface area contributed by atoms with Gasteiger partial charge in [0.05, 0.1) is 18.1 Å². The van der Waals surface area contributed by atoms with Crippen LogP contribution in [0.2, 0.25) is 0 Å². The molecule has 3 aliphatic heterocycles. The van der Waals surface area contributed by atoms with Gasteiger partial charge in [-0.05, 0) is 37.9 Å². The van der Waals surface area contributed by atoms with Crippen molar-refractivity contribution in [3.8, 4) is 0 Å². The number of piperidine rings is 1. The number of para-hydroxylation sites is 1. The Bertz CT molecular complexity index is 830. The Balaban J connectivity index is 1.79. The van der Waals surface area contributed by atoms with Gasteiger partial charge >= 0.3 is 5.97 Å². The molecule has 25 heavy (non-hydrogen) atoms. The van der Waals surface area contributed by atoms with Crippen molar-refractivity contribution in [1.82, 2.24) is 4.90 Å². The van der Waals surface area contributed by atoms with Crippen LogP contribution in [0.25, 0.3) is 0 Å². The molecule has 1 N–H and O–H groups in total. The highest BCUT2D eigenvalue weighted by atomic mass is 16.5. The number of methoxy groups -OCH3 is 1. The molecule has 5 rings (SSSR count). The van der Waals surface area contributed by atoms with Gasteiger partial charge < -0.3 is 10.1 Å². The lowest BCUT2D eigenvalue weighted by Crippen LogP contribution is -2.56. The molecule has 0 saturated carbocycles. The first-order valence-electron chi connectivity index (χ1n) is 9.02. The maximum atomic E-state index is 12.8. The zero-order chi connectivity index (χ0) is 17.3. The lowest BCUT2D eigenvalue weighted by atomic mass is 9.60. The van der Waals surface area contributed by atoms with Gasteiger partial charge in [-0.25, -0.2) is 4.79 Å². The highest BCUT2D eigenvalue weighted by Crippen LogP contribution is 2.61. The Morgan fingerprint density at radius 3 is 2.88 bits per heavy atom. The van der Waals surface area contributed by atoms with Gasteiger partial charge in [-0.1, -0.05) is 18.2 Å². The molecule has 4 aliphatic rings. The van der Waals surface area contributed by atoms with E-state index in [0.717, 1.165) is 37.3 Å². The van der Waals surface area contributed by atoms with E-state index in [1.165, 1.54) is 12.7 Å². The van der Waals surface area contributed by atoms with Crippen LogP contribution in [0.15, 0.2) is 35.5 Å². The number of rotatable bonds is 2. The smallest absolute Gasteiger partial charge is 0.335 e. The highest BCUT2D eigenvalue weighted by molar-refractivity contribution is 5.95. The van der Waals surface area contributed by atoms with Crippen LogP contribution < -0.4 is 5.32 Å². The number of esters is 1. The first-order valence-corrected chi connectivity index (χ1v) is 9.02. The average Bonchev–Trinajstić information content (AvgIpc) is 3.17. The summed E-state index contributed by atoms with van der Waals surface area (Å²) in [7, 11) is 1.43. The van der Waals surface area contributed by atoms with E-state index in [1.54, 1.807) is 6.92 Å². The summed E-state index contributed by atoms with van der Waals surface area (Å²) in [5, 5.41) is 3.55. The van der Waals surface area contributed by atoms with Gasteiger partial charge in [0, 0.05) is 35.8 Å². The number of nitrogens with zero attached hydrogens (tertiary/aromatic N) is 1. The third-order valence-electron chi connectivity index (χ3n) is 6.88. The minimum Gasteiger partial charge on any atom is -0.466 e. The maximum absolute atomic E-state index is 12.8. The molecule has 2 fully saturated rings. The predicted molar refractivity (Wildman–Crippen MR) is 93.0 cm³/mol. The van der Waals surface area contributed by atoms with Crippen LogP contribution in [0.5, 0.6) is 0 Å². The van der Waals surface area contributed by atoms with Gasteiger partial charge in [-0.3, -0.25) is 9.69 Å². The zero-order valence-electron chi connectivity index (χ0n) is 14.5. The number of hydrogen-bond donors (Lipinski definition) is 1. The second kappa shape index (κ2) is 4.94. The minimum atomic E-state index is -0.287. The van der Waals surface area contributed by atoms with Crippen molar-refractivity contribution in [2.75, 3.05) is 25.5 Å². The second-order valence-electron chi connectivity index (χ2n) is 7.74. The SMILES string of the molecule is COC(=O)C1=C2Nc3ccccc3[C@@]23CCN2C[C@@H](C(C)=O)[C@@H]1C[C@H]23. The third-order valence-corrected chi connectivity index (χ3v) is 6.88. The normalized spacial score (nSPS) is 35.0. The molecule has 0 amide bonds. The highest BCUT2D eigenvalue weighted by Gasteiger charge is 2.63. The zero-order valence-corrected chi connectivity index (χ0v) is 14.5. The molecule has 4 atom stereocenters. The van der Waals surface area contributed by atoms with Gasteiger partial charge in [0.2, 0.25) is 0 Å². The molecule has 3 heterocycles. The molecule has 130 valence electrons. The fourth-order valence-electron chi connectivity index (χ4n) is 5.86. The van der Waals surface area contributed by atoms with Crippen molar-refractivity contribution < 1.29 is 14.3 Å². The third kappa shape index (κ3) is 1.72. The Kier molecular flexibility index (Phi) is 2.99. The fourth-order valence-corrected chi connectivity index (χ4v) is 5.86. The van der Waals surface area contributed by atoms with Crippen LogP contribution in [0.4, 0.5) is 5.69 Å². The van der Waals surface area contributed by atoms with Gasteiger partial charge in [0.1, 0.15) is 5.78 Å². The summed E-state index contributed by atoms with van der Waals surface area (Å²) in [6.07, 6.45) is 1.84. The molecule has 1 aromatic carbocycles. The van der Waals surface area contributed by atoms with Crippen LogP contribution in [0, 0.1) is 11.8 Å². The maximum Gasteiger partial charge on any atom is 0.335 e. The van der Waals surface area contributed by atoms with E-state index >= 15 is 0 Å². The summed E-state index contributed by atoms with van der Waals surface area (Å²) in [5.74, 6) is -0.293. The summed E-state index contributed by atoms with van der Waals surface area (Å²) >= 11 is 0. The molecule has 2 bridgehead atoms. The lowest BCUT2D eigenvalue weighted by Gasteiger charge is -2.50. The van der Waals surface area contributed by atoms with Gasteiger partial charge in [-0.15, -0.1) is 0 Å². The average molecular weight is 338 g/mol. The summed E-state index contributed by atoms with van der Waals surface area (Å²) < 4.78 is 5.16. The topological polar surface area (TPSA) is 58.6 Å². The van der Waals surface area contributed by atoms with Crippen LogP contribution in [-0.4, -0.2) is 42.9 Å². The Morgan fingerprint density at radius 2 is 2.12 bits per heavy atom. The first kappa shape index (κ1) is 15.1. The van der Waals surface area contributed by atoms with E-state index in [2.05, 4.69) is 28.4 Å². The summed E-state index contributed by atoms with van der Waals surface area (Å²) in [6.45, 7) is 3.37. The molecule has 0 unspecified atom stereocenters. The number of ketones is 1. The van der Waals surface area contributed by atoms with Crippen LogP contribution in [-0.2, 0) is 19.7 Å². The molecule has 1 aliphatic carbocycles. The molecular weight excluding hydrogens is 316 g/mol. The Hall–Kier alpha value is -2.14. The van der Waals surface area contributed by atoms with Crippen LogP contribution in [0.1, 0.15) is 25.3 Å². The lowest BCUT2D eigenvalue weighted by molar-refractivity contribution is -0.138. The first-order chi connectivity index (χ1) is 12.1. The van der Waals surface area contributed by atoms with E-state index < -0.39 is 0 Å². The molecule has 1 spiro atoms. The van der Waals surface area contributed by atoms with Crippen molar-refractivity contribution in [1.29, 1.82) is 0 Å². The predicted octanol–water partition coefficient (Wildman–Crippen LogP) is 2.09. The van der Waals surface area contributed by atoms with Crippen LogP contribution in [0.3, 0.4) is 0 Å². The van der Waals surface area contributed by atoms with Crippen molar-refractivity contribution in [2.45, 2.75) is 31.2 Å². The number of Topliss-reactive ketones (excluding diaryl/α,β-unsaturated/α-hetero) is 1. The molecule has 0 radical (unpaired) electrons. The summed E-state index contributed by atoms with van der Waals surface area (Å²) in [5.41, 5.74) is 3.93. The van der Waals surface area contributed by atoms with E-state index in [9.17, 15) is 9.59 Å². The van der Waals surface area contributed by atoms with E-state index in [1.807, 2.05) is 6.07 Å². The van der Waals surface area contributed by atoms with Crippen molar-refractivity contribution >= 4 is 17.4 Å². The molecule has 2 saturated heterocycles. The van der Waals surface area contributed by atoms with Gasteiger partial charge in [-0.2, -0.15) is 0 Å². The number of fused-ring (bicyclic) bond motifs is 2. The summed E-state index contributed by atoms with van der Waals surface area (Å²) in [6, 6.07) is 8.72. The number of carbonyl (C=O) groups excluding carboxylic acids is 2. The number of nitrogens with one attached hydrogen (secondary N) is 1. The van der Waals surface area contributed by atoms with Crippen molar-refractivity contribution in [3.05, 3.63) is 41.1 Å². The fraction of sp³-hybridized carbons (Fsp3) is 0.500. The minimum absolute atomic E-state index is 0.0470. The molecular formula is C20H22N2O3. The summed E-state index contributed by atoms with van der Waals surface area (Å²) in [4.78, 5) is 27.5. The monoisotopic (exact) mass is 338 g/mol. The number of hydrogen-bond acceptors (Lipinski definition) is 5. The van der Waals surface area contributed by atoms with E-state index in [-0.39, 0.29) is 29.0 Å². The molecule has 0 aromatic heterocycles. The van der Waals surface area contributed by atoms with Gasteiger partial charge in [0.15, 0.2) is 0 Å². The Morgan fingerprint density at radius 1 is 1.32 bits per heavy atom. The molecule has 1 aromatic rings. The number of benzene rings is 1. The quantitative estimate of drug-likeness (QED) is 0.837. The van der Waals surface area contributed by atoms with Crippen molar-refractivity contribution in [2.24, 2.45) is 11.8 Å². The number of anilines is 1. The van der Waals surface area contributed by atoms with E-state index in [4.69, 9.17) is 4.74 Å². The number of carbonyl (C=O) groups is 2. The second-order valence-corrected chi connectivity index (χ2v) is 7.74. The molecule has 5 heteroatoms. The van der Waals surface area contributed by atoms with Crippen molar-refractivity contribution in [3.63, 3.8) is 0 Å². The van der Waals surface area contributed by atoms with Crippen LogP contribution >= 0.6 is 0 Å². The van der Waals surface area contributed by atoms with Gasteiger partial charge in [0.25, 0.3) is 0 Å². The number of ether oxygens (including phenoxy) is 1. The molecule has 5 nitrogen and oxygen atoms in total.